The molecule has 2 N–H and O–H groups in total. The highest BCUT2D eigenvalue weighted by Gasteiger charge is 2.47. The first-order valence-corrected chi connectivity index (χ1v) is 13.2. The molecule has 36 heavy (non-hydrogen) atoms. The van der Waals surface area contributed by atoms with E-state index in [2.05, 4.69) is 20.6 Å². The molecular weight excluding hydrogens is 497 g/mol. The molecule has 0 spiro atoms. The van der Waals surface area contributed by atoms with E-state index in [-0.39, 0.29) is 33.6 Å². The number of ether oxygens (including phenoxy) is 1. The molecular formula is C23H27F3N6O3S. The normalized spacial score (nSPS) is 23.1. The summed E-state index contributed by atoms with van der Waals surface area (Å²) in [5, 5.41) is 5.87. The predicted octanol–water partition coefficient (Wildman–Crippen LogP) is 3.41. The number of fused-ring (bicyclic) bond motifs is 2. The predicted molar refractivity (Wildman–Crippen MR) is 128 cm³/mol. The molecule has 1 fully saturated rings. The maximum atomic E-state index is 13.3. The summed E-state index contributed by atoms with van der Waals surface area (Å²) < 4.78 is 73.5. The van der Waals surface area contributed by atoms with Crippen molar-refractivity contribution in [3.05, 3.63) is 47.6 Å². The number of aliphatic imine (C=N–C) groups is 1. The first kappa shape index (κ1) is 24.6. The Bertz CT molecular complexity index is 1440. The number of hydrogen-bond donors (Lipinski definition) is 2. The van der Waals surface area contributed by atoms with Gasteiger partial charge in [0, 0.05) is 31.2 Å². The highest BCUT2D eigenvalue weighted by molar-refractivity contribution is 7.91. The summed E-state index contributed by atoms with van der Waals surface area (Å²) in [6, 6.07) is 3.42. The lowest BCUT2D eigenvalue weighted by molar-refractivity contribution is -0.0892. The Morgan fingerprint density at radius 2 is 2.00 bits per heavy atom. The number of nitrogens with zero attached hydrogens (tertiary/aromatic N) is 4. The second kappa shape index (κ2) is 7.97. The third-order valence-electron chi connectivity index (χ3n) is 6.96. The van der Waals surface area contributed by atoms with Crippen LogP contribution in [0.3, 0.4) is 0 Å². The lowest BCUT2D eigenvalue weighted by atomic mass is 10.0. The fraction of sp³-hybridized carbons (Fsp3) is 0.478. The van der Waals surface area contributed by atoms with E-state index in [0.29, 0.717) is 18.1 Å². The topological polar surface area (TPSA) is 100 Å². The van der Waals surface area contributed by atoms with Gasteiger partial charge in [-0.2, -0.15) is 13.2 Å². The van der Waals surface area contributed by atoms with Crippen LogP contribution in [-0.4, -0.2) is 65.5 Å². The molecule has 0 radical (unpaired) electrons. The van der Waals surface area contributed by atoms with Crippen LogP contribution in [0.4, 0.5) is 18.9 Å². The molecule has 13 heteroatoms. The van der Waals surface area contributed by atoms with Gasteiger partial charge in [0.25, 0.3) is 0 Å². The van der Waals surface area contributed by atoms with Crippen LogP contribution in [0, 0.1) is 0 Å². The quantitative estimate of drug-likeness (QED) is 0.536. The minimum Gasteiger partial charge on any atom is -0.363 e. The standard InChI is InChI=1S/C23H27F3N6O3S/c1-5-36(33,34)20-18(19-29-16-10-14(23(24,25)26)12-28-22(16,3)31(19)4)30-17-11-15(6-9-32(17)20)27-13-35-21(2)7-8-21/h6,9-12,27-28H,5,7-8,13H2,1-4H3. The number of allylic oxidation sites excluding steroid dienone is 2. The Balaban J connectivity index is 1.57. The molecule has 1 unspecified atom stereocenters. The molecule has 1 aliphatic carbocycles. The van der Waals surface area contributed by atoms with Crippen LogP contribution in [0.15, 0.2) is 51.9 Å². The number of likely N-dealkylation sites (N-methyl/N-ethyl adjacent to an activating group) is 1. The van der Waals surface area contributed by atoms with Gasteiger partial charge in [-0.25, -0.2) is 18.4 Å². The molecule has 194 valence electrons. The Morgan fingerprint density at radius 1 is 1.28 bits per heavy atom. The van der Waals surface area contributed by atoms with Gasteiger partial charge in [-0.05, 0) is 38.8 Å². The number of nitrogens with one attached hydrogen (secondary N) is 2. The number of sulfone groups is 1. The van der Waals surface area contributed by atoms with E-state index in [1.54, 1.807) is 37.2 Å². The van der Waals surface area contributed by atoms with Gasteiger partial charge in [-0.3, -0.25) is 4.40 Å². The number of amidine groups is 1. The van der Waals surface area contributed by atoms with Crippen molar-refractivity contribution in [1.82, 2.24) is 19.6 Å². The molecule has 4 heterocycles. The molecule has 3 aliphatic rings. The van der Waals surface area contributed by atoms with Crippen LogP contribution in [-0.2, 0) is 14.6 Å². The molecule has 0 saturated heterocycles. The number of pyridine rings is 1. The second-order valence-electron chi connectivity index (χ2n) is 9.57. The number of imidazole rings is 1. The van der Waals surface area contributed by atoms with Crippen molar-refractivity contribution in [2.45, 2.75) is 56.1 Å². The molecule has 2 aromatic heterocycles. The van der Waals surface area contributed by atoms with Crippen molar-refractivity contribution < 1.29 is 26.3 Å². The zero-order chi connectivity index (χ0) is 26.1. The van der Waals surface area contributed by atoms with Gasteiger partial charge < -0.3 is 20.3 Å². The summed E-state index contributed by atoms with van der Waals surface area (Å²) in [5.74, 6) is -0.0295. The molecule has 0 amide bonds. The maximum Gasteiger partial charge on any atom is 0.417 e. The van der Waals surface area contributed by atoms with E-state index in [9.17, 15) is 21.6 Å². The van der Waals surface area contributed by atoms with Crippen LogP contribution in [0.1, 0.15) is 39.3 Å². The van der Waals surface area contributed by atoms with Gasteiger partial charge in [0.15, 0.2) is 26.4 Å². The summed E-state index contributed by atoms with van der Waals surface area (Å²) in [6.45, 7) is 5.53. The molecule has 2 aromatic rings. The average molecular weight is 525 g/mol. The van der Waals surface area contributed by atoms with E-state index in [1.807, 2.05) is 6.92 Å². The van der Waals surface area contributed by atoms with Crippen LogP contribution >= 0.6 is 0 Å². The fourth-order valence-electron chi connectivity index (χ4n) is 4.13. The monoisotopic (exact) mass is 524 g/mol. The smallest absolute Gasteiger partial charge is 0.363 e. The van der Waals surface area contributed by atoms with Crippen molar-refractivity contribution in [2.75, 3.05) is 24.8 Å². The first-order chi connectivity index (χ1) is 16.8. The fourth-order valence-corrected chi connectivity index (χ4v) is 5.29. The summed E-state index contributed by atoms with van der Waals surface area (Å²) in [7, 11) is -2.15. The number of halogens is 3. The maximum absolute atomic E-state index is 13.3. The Morgan fingerprint density at radius 3 is 2.64 bits per heavy atom. The summed E-state index contributed by atoms with van der Waals surface area (Å²) in [5.41, 5.74) is -0.841. The minimum atomic E-state index is -4.55. The molecule has 2 aliphatic heterocycles. The van der Waals surface area contributed by atoms with Crippen molar-refractivity contribution in [3.8, 4) is 0 Å². The Labute approximate surface area is 206 Å². The minimum absolute atomic E-state index is 0.0641. The van der Waals surface area contributed by atoms with Crippen molar-refractivity contribution >= 4 is 27.0 Å². The number of aromatic nitrogens is 2. The number of alkyl halides is 3. The number of hydrogen-bond acceptors (Lipinski definition) is 8. The van der Waals surface area contributed by atoms with Crippen molar-refractivity contribution in [2.24, 2.45) is 4.99 Å². The van der Waals surface area contributed by atoms with Crippen LogP contribution in [0.2, 0.25) is 0 Å². The van der Waals surface area contributed by atoms with Gasteiger partial charge in [0.1, 0.15) is 18.1 Å². The Kier molecular flexibility index (Phi) is 5.45. The largest absolute Gasteiger partial charge is 0.417 e. The van der Waals surface area contributed by atoms with Crippen LogP contribution in [0.5, 0.6) is 0 Å². The van der Waals surface area contributed by atoms with Gasteiger partial charge in [-0.15, -0.1) is 0 Å². The van der Waals surface area contributed by atoms with Gasteiger partial charge >= 0.3 is 6.18 Å². The van der Waals surface area contributed by atoms with E-state index in [0.717, 1.165) is 25.1 Å². The number of dihydropyridines is 1. The highest BCUT2D eigenvalue weighted by atomic mass is 32.2. The third-order valence-corrected chi connectivity index (χ3v) is 8.70. The number of anilines is 1. The summed E-state index contributed by atoms with van der Waals surface area (Å²) in [6.07, 6.45) is 0.924. The van der Waals surface area contributed by atoms with Crippen LogP contribution in [0.25, 0.3) is 5.65 Å². The van der Waals surface area contributed by atoms with E-state index in [1.165, 1.54) is 11.3 Å². The van der Waals surface area contributed by atoms with Crippen molar-refractivity contribution in [1.29, 1.82) is 0 Å². The number of rotatable bonds is 7. The average Bonchev–Trinajstić information content (AvgIpc) is 3.31. The lowest BCUT2D eigenvalue weighted by Crippen LogP contribution is -2.54. The molecule has 5 rings (SSSR count). The molecule has 1 saturated carbocycles. The summed E-state index contributed by atoms with van der Waals surface area (Å²) >= 11 is 0. The summed E-state index contributed by atoms with van der Waals surface area (Å²) in [4.78, 5) is 10.6. The van der Waals surface area contributed by atoms with Crippen molar-refractivity contribution in [3.63, 3.8) is 0 Å². The van der Waals surface area contributed by atoms with E-state index < -0.39 is 27.2 Å². The highest BCUT2D eigenvalue weighted by Crippen LogP contribution is 2.40. The molecule has 1 atom stereocenters. The molecule has 0 aromatic carbocycles. The van der Waals surface area contributed by atoms with Crippen LogP contribution < -0.4 is 10.6 Å². The zero-order valence-electron chi connectivity index (χ0n) is 20.3. The third kappa shape index (κ3) is 4.03. The van der Waals surface area contributed by atoms with Gasteiger partial charge in [-0.1, -0.05) is 6.92 Å². The molecule has 9 nitrogen and oxygen atoms in total. The molecule has 0 bridgehead atoms. The van der Waals surface area contributed by atoms with Gasteiger partial charge in [0.05, 0.1) is 22.6 Å². The Hall–Kier alpha value is -3.06. The van der Waals surface area contributed by atoms with E-state index in [4.69, 9.17) is 4.74 Å². The second-order valence-corrected chi connectivity index (χ2v) is 11.8. The first-order valence-electron chi connectivity index (χ1n) is 11.5. The van der Waals surface area contributed by atoms with E-state index >= 15 is 0 Å². The zero-order valence-corrected chi connectivity index (χ0v) is 21.1. The lowest BCUT2D eigenvalue weighted by Gasteiger charge is -2.37. The SMILES string of the molecule is CCS(=O)(=O)c1c(C2=NC3=CC(C(F)(F)F)=CNC3(C)N2C)nc2cc(NCOC3(C)CC3)ccn12. The van der Waals surface area contributed by atoms with Gasteiger partial charge in [0.2, 0.25) is 0 Å².